The molecule has 0 aliphatic heterocycles. The van der Waals surface area contributed by atoms with Crippen LogP contribution in [0.2, 0.25) is 0 Å². The van der Waals surface area contributed by atoms with Crippen molar-refractivity contribution in [2.75, 3.05) is 0 Å². The summed E-state index contributed by atoms with van der Waals surface area (Å²) in [6, 6.07) is 20.8. The van der Waals surface area contributed by atoms with E-state index in [4.69, 9.17) is 0 Å². The van der Waals surface area contributed by atoms with Crippen LogP contribution in [0.1, 0.15) is 11.1 Å². The Morgan fingerprint density at radius 3 is 1.47 bits per heavy atom. The summed E-state index contributed by atoms with van der Waals surface area (Å²) in [5, 5.41) is 0. The Morgan fingerprint density at radius 1 is 0.733 bits per heavy atom. The molecule has 2 aromatic rings. The molecule has 0 nitrogen and oxygen atoms in total. The zero-order valence-corrected chi connectivity index (χ0v) is 9.97. The second kappa shape index (κ2) is 4.97. The number of benzene rings is 2. The minimum absolute atomic E-state index is 1.23. The van der Waals surface area contributed by atoms with Crippen molar-refractivity contribution >= 4 is 21.6 Å². The van der Waals surface area contributed by atoms with Gasteiger partial charge in [0.1, 0.15) is 0 Å². The van der Waals surface area contributed by atoms with Crippen molar-refractivity contribution in [1.82, 2.24) is 0 Å². The Balaban J connectivity index is 2.44. The fraction of sp³-hybridized carbons (Fsp3) is 0. The molecule has 0 fully saturated rings. The van der Waals surface area contributed by atoms with Gasteiger partial charge in [-0.3, -0.25) is 0 Å². The molecule has 0 aliphatic rings. The van der Waals surface area contributed by atoms with Gasteiger partial charge in [-0.25, -0.2) is 0 Å². The Hall–Kier alpha value is -1.30. The molecule has 0 heterocycles. The summed E-state index contributed by atoms with van der Waals surface area (Å²) in [4.78, 5) is 2.03. The first-order valence-electron chi connectivity index (χ1n) is 4.85. The zero-order valence-electron chi connectivity index (χ0n) is 8.26. The van der Waals surface area contributed by atoms with E-state index in [-0.39, 0.29) is 0 Å². The standard InChI is InChI=1S/C14H11Se/c15-11-14(12-7-3-1-4-8-12)13-9-5-2-6-10-13/h1-11H. The molecule has 2 aromatic carbocycles. The van der Waals surface area contributed by atoms with E-state index >= 15 is 0 Å². The number of hydrogen-bond acceptors (Lipinski definition) is 0. The van der Waals surface area contributed by atoms with Crippen LogP contribution in [0.25, 0.3) is 5.57 Å². The van der Waals surface area contributed by atoms with Crippen LogP contribution < -0.4 is 0 Å². The first-order valence-corrected chi connectivity index (χ1v) is 5.83. The van der Waals surface area contributed by atoms with Crippen molar-refractivity contribution < 1.29 is 0 Å². The van der Waals surface area contributed by atoms with Crippen molar-refractivity contribution in [1.29, 1.82) is 0 Å². The molecule has 0 aliphatic carbocycles. The Morgan fingerprint density at radius 2 is 1.13 bits per heavy atom. The van der Waals surface area contributed by atoms with Crippen molar-refractivity contribution in [2.24, 2.45) is 0 Å². The van der Waals surface area contributed by atoms with Gasteiger partial charge in [-0.05, 0) is 0 Å². The summed E-state index contributed by atoms with van der Waals surface area (Å²) >= 11 is 2.98. The molecule has 1 radical (unpaired) electrons. The van der Waals surface area contributed by atoms with E-state index in [0.29, 0.717) is 0 Å². The molecular weight excluding hydrogens is 247 g/mol. The van der Waals surface area contributed by atoms with Crippen molar-refractivity contribution in [3.63, 3.8) is 0 Å². The van der Waals surface area contributed by atoms with Crippen LogP contribution in [0.5, 0.6) is 0 Å². The van der Waals surface area contributed by atoms with Crippen LogP contribution >= 0.6 is 0 Å². The van der Waals surface area contributed by atoms with E-state index in [9.17, 15) is 0 Å². The van der Waals surface area contributed by atoms with E-state index < -0.39 is 0 Å². The molecule has 0 N–H and O–H groups in total. The van der Waals surface area contributed by atoms with Gasteiger partial charge in [-0.1, -0.05) is 0 Å². The van der Waals surface area contributed by atoms with Crippen molar-refractivity contribution in [3.8, 4) is 0 Å². The molecule has 0 spiro atoms. The first kappa shape index (κ1) is 10.2. The monoisotopic (exact) mass is 259 g/mol. The third-order valence-corrected chi connectivity index (χ3v) is 2.78. The van der Waals surface area contributed by atoms with E-state index in [1.165, 1.54) is 16.7 Å². The summed E-state index contributed by atoms with van der Waals surface area (Å²) < 4.78 is 0. The molecule has 15 heavy (non-hydrogen) atoms. The van der Waals surface area contributed by atoms with Crippen LogP contribution in [0.3, 0.4) is 0 Å². The number of rotatable bonds is 2. The first-order chi connectivity index (χ1) is 7.42. The maximum absolute atomic E-state index is 2.98. The van der Waals surface area contributed by atoms with Crippen LogP contribution in [-0.2, 0) is 0 Å². The third kappa shape index (κ3) is 2.38. The predicted octanol–water partition coefficient (Wildman–Crippen LogP) is 3.24. The average molecular weight is 258 g/mol. The molecule has 73 valence electrons. The Labute approximate surface area is 98.5 Å². The molecule has 1 heteroatoms. The van der Waals surface area contributed by atoms with E-state index in [1.54, 1.807) is 0 Å². The quantitative estimate of drug-likeness (QED) is 0.725. The molecule has 0 bridgehead atoms. The molecule has 0 aromatic heterocycles. The summed E-state index contributed by atoms with van der Waals surface area (Å²) in [5.74, 6) is 0. The second-order valence-electron chi connectivity index (χ2n) is 3.26. The molecule has 2 rings (SSSR count). The predicted molar refractivity (Wildman–Crippen MR) is 65.7 cm³/mol. The fourth-order valence-electron chi connectivity index (χ4n) is 1.54. The van der Waals surface area contributed by atoms with Crippen molar-refractivity contribution in [3.05, 3.63) is 76.8 Å². The topological polar surface area (TPSA) is 0 Å². The summed E-state index contributed by atoms with van der Waals surface area (Å²) in [6.45, 7) is 0. The maximum atomic E-state index is 2.98. The molecule has 0 unspecified atom stereocenters. The zero-order chi connectivity index (χ0) is 10.5. The van der Waals surface area contributed by atoms with Gasteiger partial charge < -0.3 is 0 Å². The average Bonchev–Trinajstić information content (AvgIpc) is 2.33. The van der Waals surface area contributed by atoms with Crippen LogP contribution in [-0.4, -0.2) is 16.0 Å². The SMILES string of the molecule is [Se]C=C(c1ccccc1)c1ccccc1. The molecule has 0 saturated heterocycles. The van der Waals surface area contributed by atoms with E-state index in [2.05, 4.69) is 64.5 Å². The van der Waals surface area contributed by atoms with Gasteiger partial charge in [0, 0.05) is 0 Å². The van der Waals surface area contributed by atoms with E-state index in [0.717, 1.165) is 0 Å². The third-order valence-electron chi connectivity index (χ3n) is 2.29. The van der Waals surface area contributed by atoms with Gasteiger partial charge in [0.05, 0.1) is 0 Å². The minimum atomic E-state index is 1.23. The normalized spacial score (nSPS) is 9.60. The summed E-state index contributed by atoms with van der Waals surface area (Å²) in [6.07, 6.45) is 0. The second-order valence-corrected chi connectivity index (χ2v) is 3.76. The molecule has 0 saturated carbocycles. The van der Waals surface area contributed by atoms with Gasteiger partial charge in [-0.15, -0.1) is 0 Å². The van der Waals surface area contributed by atoms with E-state index in [1.807, 2.05) is 17.1 Å². The number of hydrogen-bond donors (Lipinski definition) is 0. The molecular formula is C14H11Se. The fourth-order valence-corrected chi connectivity index (χ4v) is 2.11. The Bertz CT molecular complexity index is 402. The Kier molecular flexibility index (Phi) is 3.39. The van der Waals surface area contributed by atoms with Gasteiger partial charge >= 0.3 is 98.4 Å². The van der Waals surface area contributed by atoms with Crippen LogP contribution in [0.15, 0.2) is 65.6 Å². The van der Waals surface area contributed by atoms with Crippen LogP contribution in [0.4, 0.5) is 0 Å². The van der Waals surface area contributed by atoms with Crippen molar-refractivity contribution in [2.45, 2.75) is 0 Å². The summed E-state index contributed by atoms with van der Waals surface area (Å²) in [7, 11) is 0. The molecule has 0 atom stereocenters. The van der Waals surface area contributed by atoms with Gasteiger partial charge in [0.2, 0.25) is 0 Å². The summed E-state index contributed by atoms with van der Waals surface area (Å²) in [5.41, 5.74) is 3.71. The van der Waals surface area contributed by atoms with Gasteiger partial charge in [0.25, 0.3) is 0 Å². The van der Waals surface area contributed by atoms with Crippen LogP contribution in [0, 0.1) is 0 Å². The van der Waals surface area contributed by atoms with Gasteiger partial charge in [0.15, 0.2) is 0 Å². The van der Waals surface area contributed by atoms with Gasteiger partial charge in [-0.2, -0.15) is 0 Å². The molecule has 0 amide bonds.